The van der Waals surface area contributed by atoms with E-state index in [4.69, 9.17) is 11.5 Å². The van der Waals surface area contributed by atoms with Crippen LogP contribution in [0.4, 0.5) is 4.79 Å². The molecule has 6 heteroatoms. The second-order valence-corrected chi connectivity index (χ2v) is 2.25. The van der Waals surface area contributed by atoms with Gasteiger partial charge in [-0.1, -0.05) is 0 Å². The Morgan fingerprint density at radius 3 is 2.64 bits per heavy atom. The average Bonchev–Trinajstić information content (AvgIpc) is 1.85. The minimum absolute atomic E-state index is 0.240. The monoisotopic (exact) mass is 177 g/mol. The molecule has 0 spiro atoms. The third-order valence-electron chi connectivity index (χ3n) is 0.865. The number of carbonyl (C=O) groups is 1. The van der Waals surface area contributed by atoms with Crippen molar-refractivity contribution in [3.05, 3.63) is 0 Å². The van der Waals surface area contributed by atoms with Crippen LogP contribution in [0.25, 0.3) is 0 Å². The van der Waals surface area contributed by atoms with Gasteiger partial charge in [0.25, 0.3) is 0 Å². The van der Waals surface area contributed by atoms with Crippen molar-refractivity contribution < 1.29 is 9.53 Å². The fraction of sp³-hybridized carbons (Fsp3) is 0.600. The van der Waals surface area contributed by atoms with Gasteiger partial charge in [0.1, 0.15) is 0 Å². The van der Waals surface area contributed by atoms with Crippen LogP contribution < -0.4 is 16.8 Å². The fourth-order valence-corrected chi connectivity index (χ4v) is 0.559. The summed E-state index contributed by atoms with van der Waals surface area (Å²) >= 11 is 4.53. The van der Waals surface area contributed by atoms with Gasteiger partial charge < -0.3 is 21.5 Å². The van der Waals surface area contributed by atoms with Gasteiger partial charge in [-0.25, -0.2) is 4.79 Å². The van der Waals surface area contributed by atoms with E-state index >= 15 is 0 Å². The Balaban J connectivity index is 3.03. The Morgan fingerprint density at radius 2 is 2.18 bits per heavy atom. The van der Waals surface area contributed by atoms with Crippen LogP contribution in [0.1, 0.15) is 6.42 Å². The maximum absolute atomic E-state index is 10.0. The Bertz CT molecular complexity index is 135. The molecule has 0 bridgehead atoms. The lowest BCUT2D eigenvalue weighted by Gasteiger charge is -2.02. The lowest BCUT2D eigenvalue weighted by molar-refractivity contribution is 0.156. The molecule has 5 N–H and O–H groups in total. The molecular formula is C5H11N3O2S. The predicted molar refractivity (Wildman–Crippen MR) is 44.9 cm³/mol. The molecular weight excluding hydrogens is 166 g/mol. The standard InChI is InChI=1S/C5H11N3O2S/c6-4(11)8-2-1-3-10-5(7)9/h1-3H2,(H2,7,9)(H3,6,8,11). The third kappa shape index (κ3) is 8.96. The summed E-state index contributed by atoms with van der Waals surface area (Å²) in [5, 5.41) is 2.94. The highest BCUT2D eigenvalue weighted by molar-refractivity contribution is 7.80. The zero-order valence-corrected chi connectivity index (χ0v) is 6.82. The van der Waals surface area contributed by atoms with Crippen molar-refractivity contribution in [1.82, 2.24) is 5.32 Å². The van der Waals surface area contributed by atoms with Gasteiger partial charge in [0.05, 0.1) is 6.61 Å². The second-order valence-electron chi connectivity index (χ2n) is 1.81. The van der Waals surface area contributed by atoms with Crippen LogP contribution in [0.3, 0.4) is 0 Å². The summed E-state index contributed by atoms with van der Waals surface area (Å²) in [5.74, 6) is 0. The summed E-state index contributed by atoms with van der Waals surface area (Å²) in [6.45, 7) is 0.869. The van der Waals surface area contributed by atoms with Gasteiger partial charge in [-0.15, -0.1) is 0 Å². The van der Waals surface area contributed by atoms with Gasteiger partial charge in [-0.3, -0.25) is 0 Å². The zero-order chi connectivity index (χ0) is 8.69. The lowest BCUT2D eigenvalue weighted by atomic mass is 10.4. The fourth-order valence-electron chi connectivity index (χ4n) is 0.457. The molecule has 0 aromatic carbocycles. The number of thiocarbonyl (C=S) groups is 1. The van der Waals surface area contributed by atoms with E-state index < -0.39 is 6.09 Å². The molecule has 0 heterocycles. The van der Waals surface area contributed by atoms with E-state index in [9.17, 15) is 4.79 Å². The molecule has 0 atom stereocenters. The molecule has 0 aromatic heterocycles. The SMILES string of the molecule is NC(=O)OCCCNC(N)=S. The Labute approximate surface area is 70.1 Å². The molecule has 0 radical (unpaired) electrons. The molecule has 0 saturated heterocycles. The smallest absolute Gasteiger partial charge is 0.404 e. The largest absolute Gasteiger partial charge is 0.450 e. The number of primary amides is 1. The van der Waals surface area contributed by atoms with Crippen molar-refractivity contribution in [1.29, 1.82) is 0 Å². The molecule has 5 nitrogen and oxygen atoms in total. The minimum Gasteiger partial charge on any atom is -0.450 e. The van der Waals surface area contributed by atoms with Crippen LogP contribution in [0, 0.1) is 0 Å². The maximum atomic E-state index is 10.0. The topological polar surface area (TPSA) is 90.4 Å². The van der Waals surface area contributed by atoms with E-state index in [2.05, 4.69) is 22.3 Å². The predicted octanol–water partition coefficient (Wildman–Crippen LogP) is -0.695. The summed E-state index contributed by atoms with van der Waals surface area (Å²) < 4.78 is 4.44. The third-order valence-corrected chi connectivity index (χ3v) is 1.01. The van der Waals surface area contributed by atoms with Crippen molar-refractivity contribution in [2.24, 2.45) is 11.5 Å². The van der Waals surface area contributed by atoms with Crippen molar-refractivity contribution in [3.63, 3.8) is 0 Å². The molecule has 0 aromatic rings. The van der Waals surface area contributed by atoms with E-state index in [0.29, 0.717) is 13.0 Å². The normalized spacial score (nSPS) is 8.73. The minimum atomic E-state index is -0.764. The molecule has 0 unspecified atom stereocenters. The number of amides is 1. The van der Waals surface area contributed by atoms with Gasteiger partial charge in [-0.2, -0.15) is 0 Å². The highest BCUT2D eigenvalue weighted by atomic mass is 32.1. The van der Waals surface area contributed by atoms with Gasteiger partial charge in [-0.05, 0) is 18.6 Å². The van der Waals surface area contributed by atoms with Crippen molar-refractivity contribution in [2.75, 3.05) is 13.2 Å². The molecule has 0 fully saturated rings. The summed E-state index contributed by atoms with van der Waals surface area (Å²) in [6, 6.07) is 0. The molecule has 1 amide bonds. The van der Waals surface area contributed by atoms with Gasteiger partial charge in [0.15, 0.2) is 5.11 Å². The maximum Gasteiger partial charge on any atom is 0.404 e. The van der Waals surface area contributed by atoms with Crippen molar-refractivity contribution in [3.8, 4) is 0 Å². The van der Waals surface area contributed by atoms with Crippen LogP contribution in [0.15, 0.2) is 0 Å². The van der Waals surface area contributed by atoms with Crippen LogP contribution in [-0.4, -0.2) is 24.4 Å². The summed E-state index contributed by atoms with van der Waals surface area (Å²) in [4.78, 5) is 10.0. The summed E-state index contributed by atoms with van der Waals surface area (Å²) in [7, 11) is 0. The highest BCUT2D eigenvalue weighted by Gasteiger charge is 1.92. The van der Waals surface area contributed by atoms with E-state index in [-0.39, 0.29) is 11.7 Å². The van der Waals surface area contributed by atoms with Gasteiger partial charge >= 0.3 is 6.09 Å². The van der Waals surface area contributed by atoms with E-state index in [1.54, 1.807) is 0 Å². The van der Waals surface area contributed by atoms with Crippen LogP contribution in [0.2, 0.25) is 0 Å². The Kier molecular flexibility index (Phi) is 5.18. The van der Waals surface area contributed by atoms with Crippen molar-refractivity contribution in [2.45, 2.75) is 6.42 Å². The van der Waals surface area contributed by atoms with Crippen molar-refractivity contribution >= 4 is 23.4 Å². The summed E-state index contributed by atoms with van der Waals surface area (Å²) in [6.07, 6.45) is -0.124. The number of ether oxygens (including phenoxy) is 1. The first-order chi connectivity index (χ1) is 5.13. The molecule has 0 aliphatic heterocycles. The second kappa shape index (κ2) is 5.72. The number of hydrogen-bond donors (Lipinski definition) is 3. The molecule has 0 rings (SSSR count). The van der Waals surface area contributed by atoms with E-state index in [1.165, 1.54) is 0 Å². The Hall–Kier alpha value is -1.04. The molecule has 64 valence electrons. The number of nitrogens with two attached hydrogens (primary N) is 2. The van der Waals surface area contributed by atoms with Gasteiger partial charge in [0.2, 0.25) is 0 Å². The number of rotatable bonds is 4. The quantitative estimate of drug-likeness (QED) is 0.390. The lowest BCUT2D eigenvalue weighted by Crippen LogP contribution is -2.30. The molecule has 0 saturated carbocycles. The number of nitrogens with one attached hydrogen (secondary N) is 1. The summed E-state index contributed by atoms with van der Waals surface area (Å²) in [5.41, 5.74) is 9.82. The first kappa shape index (κ1) is 9.96. The highest BCUT2D eigenvalue weighted by Crippen LogP contribution is 1.79. The average molecular weight is 177 g/mol. The number of carbonyl (C=O) groups excluding carboxylic acids is 1. The van der Waals surface area contributed by atoms with Gasteiger partial charge in [0, 0.05) is 6.54 Å². The van der Waals surface area contributed by atoms with Crippen LogP contribution in [0.5, 0.6) is 0 Å². The first-order valence-electron chi connectivity index (χ1n) is 3.08. The van der Waals surface area contributed by atoms with E-state index in [0.717, 1.165) is 0 Å². The molecule has 0 aliphatic carbocycles. The zero-order valence-electron chi connectivity index (χ0n) is 6.00. The molecule has 11 heavy (non-hydrogen) atoms. The van der Waals surface area contributed by atoms with E-state index in [1.807, 2.05) is 0 Å². The van der Waals surface area contributed by atoms with Crippen LogP contribution >= 0.6 is 12.2 Å². The Morgan fingerprint density at radius 1 is 1.55 bits per heavy atom. The molecule has 0 aliphatic rings. The first-order valence-corrected chi connectivity index (χ1v) is 3.49. The van der Waals surface area contributed by atoms with Crippen LogP contribution in [-0.2, 0) is 4.74 Å². The number of hydrogen-bond acceptors (Lipinski definition) is 3.